The molecule has 5 nitrogen and oxygen atoms in total. The Balaban J connectivity index is 0.00000109. The van der Waals surface area contributed by atoms with Gasteiger partial charge in [-0.3, -0.25) is 0 Å². The van der Waals surface area contributed by atoms with Crippen LogP contribution < -0.4 is 15.4 Å². The molecule has 158 valence electrons. The first-order valence-electron chi connectivity index (χ1n) is 11.3. The molecule has 2 N–H and O–H groups in total. The molecule has 0 amide bonds. The van der Waals surface area contributed by atoms with Gasteiger partial charge in [0, 0.05) is 49.5 Å². The first-order valence-corrected chi connectivity index (χ1v) is 11.3. The Morgan fingerprint density at radius 3 is 2.25 bits per heavy atom. The minimum absolute atomic E-state index is 0.526. The standard InChI is InChI=1S/C21H34N4O.C2H6/c1-23-11-3-8-21(23)9-14-25(15-10-21)17-6-12-24(13-7-17)18-4-5-19(22)20(16-18)26-2;1-2/h4-5,16-17H,3,6-15,22H2,1-2H3;1-2H3. The molecule has 3 aliphatic heterocycles. The van der Waals surface area contributed by atoms with Gasteiger partial charge < -0.3 is 25.2 Å². The van der Waals surface area contributed by atoms with Crippen molar-refractivity contribution in [3.8, 4) is 5.75 Å². The highest BCUT2D eigenvalue weighted by Gasteiger charge is 2.42. The van der Waals surface area contributed by atoms with Crippen LogP contribution in [0.2, 0.25) is 0 Å². The van der Waals surface area contributed by atoms with E-state index in [4.69, 9.17) is 10.5 Å². The summed E-state index contributed by atoms with van der Waals surface area (Å²) in [4.78, 5) is 7.90. The van der Waals surface area contributed by atoms with Crippen molar-refractivity contribution in [2.75, 3.05) is 57.5 Å². The minimum atomic E-state index is 0.526. The molecule has 0 radical (unpaired) electrons. The Kier molecular flexibility index (Phi) is 7.10. The van der Waals surface area contributed by atoms with E-state index in [1.54, 1.807) is 7.11 Å². The van der Waals surface area contributed by atoms with Crippen LogP contribution in [0.3, 0.4) is 0 Å². The Labute approximate surface area is 171 Å². The highest BCUT2D eigenvalue weighted by atomic mass is 16.5. The predicted molar refractivity (Wildman–Crippen MR) is 119 cm³/mol. The van der Waals surface area contributed by atoms with Gasteiger partial charge in [-0.05, 0) is 64.3 Å². The zero-order valence-electron chi connectivity index (χ0n) is 18.4. The van der Waals surface area contributed by atoms with E-state index >= 15 is 0 Å². The first kappa shape index (κ1) is 21.3. The summed E-state index contributed by atoms with van der Waals surface area (Å²) in [5, 5.41) is 0. The summed E-state index contributed by atoms with van der Waals surface area (Å²) in [5.74, 6) is 0.784. The third kappa shape index (κ3) is 4.25. The third-order valence-corrected chi connectivity index (χ3v) is 7.24. The number of likely N-dealkylation sites (tertiary alicyclic amines) is 2. The molecule has 0 atom stereocenters. The fraction of sp³-hybridized carbons (Fsp3) is 0.739. The van der Waals surface area contributed by atoms with E-state index in [1.165, 1.54) is 63.8 Å². The summed E-state index contributed by atoms with van der Waals surface area (Å²) in [6.07, 6.45) is 8.04. The molecular formula is C23H40N4O. The van der Waals surface area contributed by atoms with E-state index in [-0.39, 0.29) is 0 Å². The number of hydrogen-bond donors (Lipinski definition) is 1. The summed E-state index contributed by atoms with van der Waals surface area (Å²) in [6, 6.07) is 6.92. The number of piperidine rings is 2. The van der Waals surface area contributed by atoms with Crippen molar-refractivity contribution in [1.82, 2.24) is 9.80 Å². The summed E-state index contributed by atoms with van der Waals surface area (Å²) in [6.45, 7) is 10.1. The van der Waals surface area contributed by atoms with Crippen LogP contribution in [0.5, 0.6) is 5.75 Å². The maximum absolute atomic E-state index is 5.95. The predicted octanol–water partition coefficient (Wildman–Crippen LogP) is 3.83. The molecule has 0 unspecified atom stereocenters. The van der Waals surface area contributed by atoms with Gasteiger partial charge in [0.1, 0.15) is 5.75 Å². The second-order valence-electron chi connectivity index (χ2n) is 8.43. The monoisotopic (exact) mass is 388 g/mol. The van der Waals surface area contributed by atoms with E-state index in [9.17, 15) is 0 Å². The van der Waals surface area contributed by atoms with E-state index < -0.39 is 0 Å². The van der Waals surface area contributed by atoms with Crippen molar-refractivity contribution >= 4 is 11.4 Å². The molecule has 0 saturated carbocycles. The van der Waals surface area contributed by atoms with Gasteiger partial charge in [-0.2, -0.15) is 0 Å². The van der Waals surface area contributed by atoms with Crippen molar-refractivity contribution in [3.63, 3.8) is 0 Å². The van der Waals surface area contributed by atoms with Gasteiger partial charge in [0.15, 0.2) is 0 Å². The van der Waals surface area contributed by atoms with Gasteiger partial charge in [-0.15, -0.1) is 0 Å². The van der Waals surface area contributed by atoms with E-state index in [0.29, 0.717) is 11.2 Å². The largest absolute Gasteiger partial charge is 0.495 e. The molecule has 3 fully saturated rings. The fourth-order valence-electron chi connectivity index (χ4n) is 5.40. The topological polar surface area (TPSA) is 45.0 Å². The molecule has 1 aromatic rings. The van der Waals surface area contributed by atoms with Crippen LogP contribution in [-0.2, 0) is 0 Å². The van der Waals surface area contributed by atoms with Gasteiger partial charge in [-0.1, -0.05) is 13.8 Å². The SMILES string of the molecule is CC.COc1cc(N2CCC(N3CCC4(CCCN4C)CC3)CC2)ccc1N. The lowest BCUT2D eigenvalue weighted by molar-refractivity contribution is 0.0432. The second-order valence-corrected chi connectivity index (χ2v) is 8.43. The van der Waals surface area contributed by atoms with Crippen molar-refractivity contribution in [3.05, 3.63) is 18.2 Å². The maximum Gasteiger partial charge on any atom is 0.143 e. The molecule has 3 heterocycles. The number of ether oxygens (including phenoxy) is 1. The van der Waals surface area contributed by atoms with E-state index in [2.05, 4.69) is 33.9 Å². The van der Waals surface area contributed by atoms with Gasteiger partial charge >= 0.3 is 0 Å². The van der Waals surface area contributed by atoms with E-state index in [1.807, 2.05) is 19.9 Å². The number of nitrogens with two attached hydrogens (primary N) is 1. The summed E-state index contributed by atoms with van der Waals surface area (Å²) >= 11 is 0. The fourth-order valence-corrected chi connectivity index (χ4v) is 5.40. The van der Waals surface area contributed by atoms with Crippen LogP contribution >= 0.6 is 0 Å². The minimum Gasteiger partial charge on any atom is -0.495 e. The second kappa shape index (κ2) is 9.36. The number of nitrogens with zero attached hydrogens (tertiary/aromatic N) is 3. The quantitative estimate of drug-likeness (QED) is 0.797. The van der Waals surface area contributed by atoms with Gasteiger partial charge in [-0.25, -0.2) is 0 Å². The lowest BCUT2D eigenvalue weighted by atomic mass is 9.84. The highest BCUT2D eigenvalue weighted by molar-refractivity contribution is 5.62. The molecule has 0 aliphatic carbocycles. The van der Waals surface area contributed by atoms with Gasteiger partial charge in [0.2, 0.25) is 0 Å². The smallest absolute Gasteiger partial charge is 0.143 e. The number of hydrogen-bond acceptors (Lipinski definition) is 5. The van der Waals surface area contributed by atoms with Crippen molar-refractivity contribution in [2.45, 2.75) is 64.0 Å². The van der Waals surface area contributed by atoms with Crippen LogP contribution in [0.15, 0.2) is 18.2 Å². The average Bonchev–Trinajstić information content (AvgIpc) is 3.10. The maximum atomic E-state index is 5.95. The Bertz CT molecular complexity index is 619. The zero-order valence-corrected chi connectivity index (χ0v) is 18.4. The molecule has 0 aromatic heterocycles. The number of nitrogen functional groups attached to an aromatic ring is 1. The Morgan fingerprint density at radius 2 is 1.68 bits per heavy atom. The van der Waals surface area contributed by atoms with Gasteiger partial charge in [0.05, 0.1) is 12.8 Å². The normalized spacial score (nSPS) is 23.5. The van der Waals surface area contributed by atoms with Crippen molar-refractivity contribution in [1.29, 1.82) is 0 Å². The van der Waals surface area contributed by atoms with Crippen LogP contribution in [0, 0.1) is 0 Å². The molecule has 1 aromatic carbocycles. The molecule has 4 rings (SSSR count). The third-order valence-electron chi connectivity index (χ3n) is 7.24. The van der Waals surface area contributed by atoms with Crippen LogP contribution in [0.1, 0.15) is 52.4 Å². The van der Waals surface area contributed by atoms with Crippen LogP contribution in [0.4, 0.5) is 11.4 Å². The zero-order chi connectivity index (χ0) is 20.1. The number of rotatable bonds is 3. The van der Waals surface area contributed by atoms with Crippen LogP contribution in [-0.4, -0.2) is 68.3 Å². The lowest BCUT2D eigenvalue weighted by Crippen LogP contribution is -2.54. The summed E-state index contributed by atoms with van der Waals surface area (Å²) in [7, 11) is 4.02. The molecule has 5 heteroatoms. The number of anilines is 2. The Morgan fingerprint density at radius 1 is 1.00 bits per heavy atom. The molecule has 28 heavy (non-hydrogen) atoms. The summed E-state index contributed by atoms with van der Waals surface area (Å²) < 4.78 is 5.38. The molecule has 1 spiro atoms. The molecule has 3 aliphatic rings. The summed E-state index contributed by atoms with van der Waals surface area (Å²) in [5.41, 5.74) is 8.43. The van der Waals surface area contributed by atoms with Gasteiger partial charge in [0.25, 0.3) is 0 Å². The highest BCUT2D eigenvalue weighted by Crippen LogP contribution is 2.38. The van der Waals surface area contributed by atoms with E-state index in [0.717, 1.165) is 24.9 Å². The van der Waals surface area contributed by atoms with Crippen molar-refractivity contribution in [2.24, 2.45) is 0 Å². The molecule has 3 saturated heterocycles. The lowest BCUT2D eigenvalue weighted by Gasteiger charge is -2.47. The molecule has 0 bridgehead atoms. The average molecular weight is 389 g/mol. The first-order chi connectivity index (χ1) is 13.6. The Hall–Kier alpha value is -1.46. The number of methoxy groups -OCH3 is 1. The molecular weight excluding hydrogens is 348 g/mol. The van der Waals surface area contributed by atoms with Crippen molar-refractivity contribution < 1.29 is 4.74 Å². The number of benzene rings is 1. The van der Waals surface area contributed by atoms with Crippen LogP contribution in [0.25, 0.3) is 0 Å².